The van der Waals surface area contributed by atoms with Crippen LogP contribution in [0.15, 0.2) is 79.0 Å². The van der Waals surface area contributed by atoms with Crippen LogP contribution in [-0.4, -0.2) is 4.98 Å². The molecule has 0 saturated heterocycles. The zero-order chi connectivity index (χ0) is 21.5. The Balaban J connectivity index is 1.79. The van der Waals surface area contributed by atoms with Gasteiger partial charge in [-0.25, -0.2) is 0 Å². The number of benzene rings is 4. The predicted molar refractivity (Wildman–Crippen MR) is 135 cm³/mol. The Bertz CT molecular complexity index is 1410. The van der Waals surface area contributed by atoms with Gasteiger partial charge in [0.15, 0.2) is 0 Å². The van der Waals surface area contributed by atoms with E-state index in [4.69, 9.17) is 4.98 Å². The maximum Gasteiger partial charge on any atom is 0.0780 e. The Morgan fingerprint density at radius 2 is 1.52 bits per heavy atom. The second kappa shape index (κ2) is 7.81. The van der Waals surface area contributed by atoms with Gasteiger partial charge in [-0.2, -0.15) is 0 Å². The van der Waals surface area contributed by atoms with Crippen molar-refractivity contribution in [3.63, 3.8) is 0 Å². The molecule has 1 nitrogen and oxygen atoms in total. The molecule has 0 saturated carbocycles. The van der Waals surface area contributed by atoms with Crippen molar-refractivity contribution in [3.8, 4) is 11.3 Å². The Hall–Kier alpha value is -3.19. The van der Waals surface area contributed by atoms with Crippen molar-refractivity contribution in [2.45, 2.75) is 40.0 Å². The second-order valence-electron chi connectivity index (χ2n) is 9.41. The molecule has 1 heteroatoms. The summed E-state index contributed by atoms with van der Waals surface area (Å²) in [6.07, 6.45) is 3.01. The molecule has 0 bridgehead atoms. The third-order valence-electron chi connectivity index (χ3n) is 6.28. The largest absolute Gasteiger partial charge is 0.256 e. The second-order valence-corrected chi connectivity index (χ2v) is 9.41. The summed E-state index contributed by atoms with van der Waals surface area (Å²) in [5.41, 5.74) is 5.07. The van der Waals surface area contributed by atoms with E-state index >= 15 is 0 Å². The fourth-order valence-electron chi connectivity index (χ4n) is 4.76. The lowest BCUT2D eigenvalue weighted by Crippen LogP contribution is -1.98. The molecule has 5 rings (SSSR count). The van der Waals surface area contributed by atoms with Crippen molar-refractivity contribution in [1.82, 2.24) is 4.98 Å². The molecule has 0 unspecified atom stereocenters. The van der Waals surface area contributed by atoms with Crippen molar-refractivity contribution in [3.05, 3.63) is 90.1 Å². The molecule has 1 heterocycles. The molecular weight excluding hydrogens is 374 g/mol. The standard InChI is InChI=1S/C30H29N/c1-19(2)15-25-18-26(17-24-10-9-21-7-5-6-8-27(21)29(24)25)30-28-12-11-22(20(3)4)16-23(28)13-14-31-30/h5-14,16-20H,15H2,1-4H3. The predicted octanol–water partition coefficient (Wildman–Crippen LogP) is 8.53. The van der Waals surface area contributed by atoms with Crippen LogP contribution in [0.4, 0.5) is 0 Å². The first kappa shape index (κ1) is 19.8. The molecule has 0 aliphatic heterocycles. The molecule has 0 aliphatic rings. The Morgan fingerprint density at radius 3 is 2.32 bits per heavy atom. The summed E-state index contributed by atoms with van der Waals surface area (Å²) in [6.45, 7) is 9.09. The van der Waals surface area contributed by atoms with Crippen molar-refractivity contribution in [2.75, 3.05) is 0 Å². The summed E-state index contributed by atoms with van der Waals surface area (Å²) >= 11 is 0. The highest BCUT2D eigenvalue weighted by atomic mass is 14.7. The van der Waals surface area contributed by atoms with Gasteiger partial charge in [0, 0.05) is 17.1 Å². The van der Waals surface area contributed by atoms with Crippen LogP contribution in [0.25, 0.3) is 43.6 Å². The summed E-state index contributed by atoms with van der Waals surface area (Å²) in [5.74, 6) is 1.11. The Labute approximate surface area is 184 Å². The number of pyridine rings is 1. The van der Waals surface area contributed by atoms with Gasteiger partial charge in [-0.05, 0) is 74.5 Å². The number of nitrogens with zero attached hydrogens (tertiary/aromatic N) is 1. The lowest BCUT2D eigenvalue weighted by molar-refractivity contribution is 0.650. The van der Waals surface area contributed by atoms with E-state index in [9.17, 15) is 0 Å². The van der Waals surface area contributed by atoms with Crippen LogP contribution >= 0.6 is 0 Å². The topological polar surface area (TPSA) is 12.9 Å². The molecule has 5 aromatic rings. The molecular formula is C30H29N. The van der Waals surface area contributed by atoms with Gasteiger partial charge in [-0.15, -0.1) is 0 Å². The van der Waals surface area contributed by atoms with Gasteiger partial charge in [0.25, 0.3) is 0 Å². The highest BCUT2D eigenvalue weighted by Gasteiger charge is 2.13. The first-order valence-corrected chi connectivity index (χ1v) is 11.3. The van der Waals surface area contributed by atoms with E-state index in [-0.39, 0.29) is 0 Å². The average Bonchev–Trinajstić information content (AvgIpc) is 2.77. The lowest BCUT2D eigenvalue weighted by Gasteiger charge is -2.16. The van der Waals surface area contributed by atoms with Gasteiger partial charge >= 0.3 is 0 Å². The zero-order valence-corrected chi connectivity index (χ0v) is 18.8. The summed E-state index contributed by atoms with van der Waals surface area (Å²) in [5, 5.41) is 7.82. The van der Waals surface area contributed by atoms with Gasteiger partial charge in [0.1, 0.15) is 0 Å². The third-order valence-corrected chi connectivity index (χ3v) is 6.28. The highest BCUT2D eigenvalue weighted by Crippen LogP contribution is 2.36. The molecule has 0 amide bonds. The van der Waals surface area contributed by atoms with Gasteiger partial charge in [0.2, 0.25) is 0 Å². The lowest BCUT2D eigenvalue weighted by atomic mass is 9.89. The Morgan fingerprint density at radius 1 is 0.710 bits per heavy atom. The summed E-state index contributed by atoms with van der Waals surface area (Å²) < 4.78 is 0. The number of hydrogen-bond donors (Lipinski definition) is 0. The van der Waals surface area contributed by atoms with E-state index in [0.717, 1.165) is 12.1 Å². The van der Waals surface area contributed by atoms with E-state index < -0.39 is 0 Å². The molecule has 4 aromatic carbocycles. The first-order valence-electron chi connectivity index (χ1n) is 11.3. The number of aromatic nitrogens is 1. The molecule has 31 heavy (non-hydrogen) atoms. The van der Waals surface area contributed by atoms with Crippen molar-refractivity contribution >= 4 is 32.3 Å². The van der Waals surface area contributed by atoms with E-state index in [0.29, 0.717) is 11.8 Å². The van der Waals surface area contributed by atoms with Crippen LogP contribution in [0.2, 0.25) is 0 Å². The molecule has 0 atom stereocenters. The van der Waals surface area contributed by atoms with Crippen LogP contribution in [0, 0.1) is 5.92 Å². The van der Waals surface area contributed by atoms with Gasteiger partial charge in [-0.1, -0.05) is 82.3 Å². The first-order chi connectivity index (χ1) is 15.0. The van der Waals surface area contributed by atoms with Crippen molar-refractivity contribution in [1.29, 1.82) is 0 Å². The van der Waals surface area contributed by atoms with Crippen molar-refractivity contribution in [2.24, 2.45) is 5.92 Å². The van der Waals surface area contributed by atoms with Crippen LogP contribution in [0.3, 0.4) is 0 Å². The summed E-state index contributed by atoms with van der Waals surface area (Å²) in [4.78, 5) is 4.84. The number of hydrogen-bond acceptors (Lipinski definition) is 1. The molecule has 0 radical (unpaired) electrons. The minimum absolute atomic E-state index is 0.521. The quantitative estimate of drug-likeness (QED) is 0.274. The van der Waals surface area contributed by atoms with Crippen LogP contribution < -0.4 is 0 Å². The minimum atomic E-state index is 0.521. The molecule has 0 aliphatic carbocycles. The van der Waals surface area contributed by atoms with E-state index in [2.05, 4.69) is 100 Å². The van der Waals surface area contributed by atoms with Crippen LogP contribution in [0.1, 0.15) is 44.7 Å². The smallest absolute Gasteiger partial charge is 0.0780 e. The molecule has 154 valence electrons. The normalized spacial score (nSPS) is 11.9. The van der Waals surface area contributed by atoms with E-state index in [1.54, 1.807) is 0 Å². The summed E-state index contributed by atoms with van der Waals surface area (Å²) in [6, 6.07) is 26.9. The van der Waals surface area contributed by atoms with Gasteiger partial charge in [0.05, 0.1) is 5.69 Å². The highest BCUT2D eigenvalue weighted by molar-refractivity contribution is 6.10. The fourth-order valence-corrected chi connectivity index (χ4v) is 4.76. The van der Waals surface area contributed by atoms with Crippen LogP contribution in [0.5, 0.6) is 0 Å². The molecule has 0 spiro atoms. The minimum Gasteiger partial charge on any atom is -0.256 e. The third kappa shape index (κ3) is 3.59. The number of fused-ring (bicyclic) bond motifs is 4. The van der Waals surface area contributed by atoms with Gasteiger partial charge < -0.3 is 0 Å². The fraction of sp³-hybridized carbons (Fsp3) is 0.233. The average molecular weight is 404 g/mol. The maximum absolute atomic E-state index is 4.84. The zero-order valence-electron chi connectivity index (χ0n) is 18.8. The summed E-state index contributed by atoms with van der Waals surface area (Å²) in [7, 11) is 0. The monoisotopic (exact) mass is 403 g/mol. The molecule has 0 fully saturated rings. The molecule has 1 aromatic heterocycles. The molecule has 0 N–H and O–H groups in total. The van der Waals surface area contributed by atoms with Gasteiger partial charge in [-0.3, -0.25) is 4.98 Å². The SMILES string of the molecule is CC(C)Cc1cc(-c2nccc3cc(C(C)C)ccc23)cc2ccc3ccccc3c12. The Kier molecular flexibility index (Phi) is 4.98. The number of rotatable bonds is 4. The van der Waals surface area contributed by atoms with Crippen molar-refractivity contribution < 1.29 is 0 Å². The van der Waals surface area contributed by atoms with E-state index in [1.807, 2.05) is 6.20 Å². The maximum atomic E-state index is 4.84. The van der Waals surface area contributed by atoms with Crippen LogP contribution in [-0.2, 0) is 6.42 Å². The van der Waals surface area contributed by atoms with E-state index in [1.165, 1.54) is 49.0 Å².